The average molecular weight is 199 g/mol. The monoisotopic (exact) mass is 199 g/mol. The Morgan fingerprint density at radius 2 is 1.64 bits per heavy atom. The Balaban J connectivity index is 3.86. The van der Waals surface area contributed by atoms with Crippen LogP contribution in [0.1, 0.15) is 54.4 Å². The van der Waals surface area contributed by atoms with Crippen LogP contribution in [-0.4, -0.2) is 13.1 Å². The largest absolute Gasteiger partial charge is 0.316 e. The third-order valence-corrected chi connectivity index (χ3v) is 2.81. The fourth-order valence-corrected chi connectivity index (χ4v) is 1.74. The molecule has 0 spiro atoms. The summed E-state index contributed by atoms with van der Waals surface area (Å²) in [7, 11) is 0. The average Bonchev–Trinajstić information content (AvgIpc) is 2.00. The molecule has 0 rings (SSSR count). The lowest BCUT2D eigenvalue weighted by Gasteiger charge is -2.31. The van der Waals surface area contributed by atoms with Gasteiger partial charge in [0.1, 0.15) is 0 Å². The molecule has 0 amide bonds. The molecule has 1 atom stereocenters. The van der Waals surface area contributed by atoms with Gasteiger partial charge in [-0.3, -0.25) is 0 Å². The van der Waals surface area contributed by atoms with Gasteiger partial charge in [-0.05, 0) is 36.8 Å². The van der Waals surface area contributed by atoms with Crippen LogP contribution in [-0.2, 0) is 0 Å². The van der Waals surface area contributed by atoms with Crippen molar-refractivity contribution < 1.29 is 0 Å². The predicted molar refractivity (Wildman–Crippen MR) is 65.6 cm³/mol. The second-order valence-corrected chi connectivity index (χ2v) is 5.90. The minimum atomic E-state index is 0.444. The maximum Gasteiger partial charge on any atom is -0.00154 e. The van der Waals surface area contributed by atoms with Crippen LogP contribution in [0.25, 0.3) is 0 Å². The van der Waals surface area contributed by atoms with Crippen LogP contribution in [0.3, 0.4) is 0 Å². The van der Waals surface area contributed by atoms with Crippen molar-refractivity contribution >= 4 is 0 Å². The fraction of sp³-hybridized carbons (Fsp3) is 1.00. The second kappa shape index (κ2) is 6.44. The van der Waals surface area contributed by atoms with E-state index in [9.17, 15) is 0 Å². The third kappa shape index (κ3) is 6.42. The zero-order valence-corrected chi connectivity index (χ0v) is 11.0. The zero-order chi connectivity index (χ0) is 11.2. The molecular weight excluding hydrogens is 170 g/mol. The maximum atomic E-state index is 3.58. The van der Waals surface area contributed by atoms with Gasteiger partial charge in [-0.25, -0.2) is 0 Å². The smallest absolute Gasteiger partial charge is 0.00154 e. The number of nitrogens with one attached hydrogen (secondary N) is 1. The minimum absolute atomic E-state index is 0.444. The first kappa shape index (κ1) is 14.0. The summed E-state index contributed by atoms with van der Waals surface area (Å²) in [5.74, 6) is 1.57. The molecule has 0 fully saturated rings. The Labute approximate surface area is 90.7 Å². The van der Waals surface area contributed by atoms with Crippen LogP contribution < -0.4 is 5.32 Å². The second-order valence-electron chi connectivity index (χ2n) is 5.90. The number of hydrogen-bond acceptors (Lipinski definition) is 1. The predicted octanol–water partition coefficient (Wildman–Crippen LogP) is 3.69. The molecular formula is C13H29N. The van der Waals surface area contributed by atoms with Crippen LogP contribution in [0.4, 0.5) is 0 Å². The highest BCUT2D eigenvalue weighted by molar-refractivity contribution is 4.75. The normalized spacial score (nSPS) is 14.8. The quantitative estimate of drug-likeness (QED) is 0.688. The molecule has 86 valence electrons. The topological polar surface area (TPSA) is 12.0 Å². The number of hydrogen-bond donors (Lipinski definition) is 1. The van der Waals surface area contributed by atoms with Gasteiger partial charge in [-0.2, -0.15) is 0 Å². The molecule has 0 saturated heterocycles. The van der Waals surface area contributed by atoms with E-state index in [1.54, 1.807) is 0 Å². The van der Waals surface area contributed by atoms with Gasteiger partial charge in [0, 0.05) is 0 Å². The standard InChI is InChI=1S/C13H29N/c1-7-8-12(13(4,5)6)10-14-9-11(2)3/h11-12,14H,7-10H2,1-6H3. The van der Waals surface area contributed by atoms with E-state index in [-0.39, 0.29) is 0 Å². The van der Waals surface area contributed by atoms with Crippen molar-refractivity contribution in [1.82, 2.24) is 5.32 Å². The molecule has 1 unspecified atom stereocenters. The van der Waals surface area contributed by atoms with Crippen molar-refractivity contribution in [2.45, 2.75) is 54.4 Å². The van der Waals surface area contributed by atoms with Crippen LogP contribution >= 0.6 is 0 Å². The lowest BCUT2D eigenvalue weighted by molar-refractivity contribution is 0.215. The molecule has 1 N–H and O–H groups in total. The van der Waals surface area contributed by atoms with Gasteiger partial charge in [0.15, 0.2) is 0 Å². The van der Waals surface area contributed by atoms with E-state index in [0.29, 0.717) is 5.41 Å². The first-order chi connectivity index (χ1) is 6.38. The van der Waals surface area contributed by atoms with Gasteiger partial charge >= 0.3 is 0 Å². The van der Waals surface area contributed by atoms with Crippen LogP contribution in [0.15, 0.2) is 0 Å². The fourth-order valence-electron chi connectivity index (χ4n) is 1.74. The minimum Gasteiger partial charge on any atom is -0.316 e. The van der Waals surface area contributed by atoms with E-state index in [2.05, 4.69) is 46.9 Å². The summed E-state index contributed by atoms with van der Waals surface area (Å²) in [5, 5.41) is 3.58. The third-order valence-electron chi connectivity index (χ3n) is 2.81. The van der Waals surface area contributed by atoms with Gasteiger partial charge in [-0.1, -0.05) is 48.0 Å². The molecule has 0 aromatic heterocycles. The van der Waals surface area contributed by atoms with Crippen LogP contribution in [0.5, 0.6) is 0 Å². The first-order valence-corrected chi connectivity index (χ1v) is 6.08. The molecule has 0 aliphatic carbocycles. The van der Waals surface area contributed by atoms with E-state index in [0.717, 1.165) is 18.4 Å². The molecule has 0 bridgehead atoms. The Kier molecular flexibility index (Phi) is 6.43. The van der Waals surface area contributed by atoms with Gasteiger partial charge in [-0.15, -0.1) is 0 Å². The molecule has 0 aromatic carbocycles. The van der Waals surface area contributed by atoms with Crippen molar-refractivity contribution in [3.05, 3.63) is 0 Å². The number of rotatable bonds is 6. The van der Waals surface area contributed by atoms with Crippen molar-refractivity contribution in [3.8, 4) is 0 Å². The van der Waals surface area contributed by atoms with Crippen molar-refractivity contribution in [1.29, 1.82) is 0 Å². The molecule has 0 heterocycles. The lowest BCUT2D eigenvalue weighted by atomic mass is 9.78. The molecule has 0 aromatic rings. The molecule has 14 heavy (non-hydrogen) atoms. The Morgan fingerprint density at radius 3 is 2.00 bits per heavy atom. The highest BCUT2D eigenvalue weighted by Crippen LogP contribution is 2.28. The van der Waals surface area contributed by atoms with Crippen molar-refractivity contribution in [2.75, 3.05) is 13.1 Å². The van der Waals surface area contributed by atoms with E-state index < -0.39 is 0 Å². The zero-order valence-electron chi connectivity index (χ0n) is 11.0. The van der Waals surface area contributed by atoms with Gasteiger partial charge in [0.25, 0.3) is 0 Å². The molecule has 0 saturated carbocycles. The van der Waals surface area contributed by atoms with E-state index in [1.165, 1.54) is 19.4 Å². The SMILES string of the molecule is CCCC(CNCC(C)C)C(C)(C)C. The molecule has 0 aliphatic rings. The summed E-state index contributed by atoms with van der Waals surface area (Å²) in [4.78, 5) is 0. The summed E-state index contributed by atoms with van der Waals surface area (Å²) in [5.41, 5.74) is 0.444. The Hall–Kier alpha value is -0.0400. The molecule has 0 radical (unpaired) electrons. The summed E-state index contributed by atoms with van der Waals surface area (Å²) in [6.07, 6.45) is 2.64. The van der Waals surface area contributed by atoms with Crippen molar-refractivity contribution in [2.24, 2.45) is 17.3 Å². The molecule has 0 aliphatic heterocycles. The molecule has 1 heteroatoms. The van der Waals surface area contributed by atoms with E-state index in [1.807, 2.05) is 0 Å². The molecule has 1 nitrogen and oxygen atoms in total. The Bertz CT molecular complexity index is 133. The highest BCUT2D eigenvalue weighted by atomic mass is 14.9. The van der Waals surface area contributed by atoms with Crippen molar-refractivity contribution in [3.63, 3.8) is 0 Å². The van der Waals surface area contributed by atoms with Crippen LogP contribution in [0.2, 0.25) is 0 Å². The van der Waals surface area contributed by atoms with Gasteiger partial charge in [0.2, 0.25) is 0 Å². The van der Waals surface area contributed by atoms with E-state index >= 15 is 0 Å². The Morgan fingerprint density at radius 1 is 1.07 bits per heavy atom. The van der Waals surface area contributed by atoms with E-state index in [4.69, 9.17) is 0 Å². The lowest BCUT2D eigenvalue weighted by Crippen LogP contribution is -2.33. The summed E-state index contributed by atoms with van der Waals surface area (Å²) >= 11 is 0. The first-order valence-electron chi connectivity index (χ1n) is 6.08. The van der Waals surface area contributed by atoms with Gasteiger partial charge < -0.3 is 5.32 Å². The van der Waals surface area contributed by atoms with Gasteiger partial charge in [0.05, 0.1) is 0 Å². The highest BCUT2D eigenvalue weighted by Gasteiger charge is 2.22. The van der Waals surface area contributed by atoms with Crippen LogP contribution in [0, 0.1) is 17.3 Å². The summed E-state index contributed by atoms with van der Waals surface area (Å²) in [6.45, 7) is 16.2. The summed E-state index contributed by atoms with van der Waals surface area (Å²) in [6, 6.07) is 0. The summed E-state index contributed by atoms with van der Waals surface area (Å²) < 4.78 is 0. The maximum absolute atomic E-state index is 3.58.